The molecule has 0 N–H and O–H groups in total. The van der Waals surface area contributed by atoms with Crippen molar-refractivity contribution in [3.63, 3.8) is 0 Å². The maximum absolute atomic E-state index is 12.1. The predicted molar refractivity (Wildman–Crippen MR) is 52.9 cm³/mol. The molecule has 0 aliphatic heterocycles. The Bertz CT molecular complexity index is 422. The van der Waals surface area contributed by atoms with Crippen molar-refractivity contribution in [1.82, 2.24) is 4.57 Å². The SMILES string of the molecule is FCCn1ccc2cc(Cl)ccc21. The lowest BCUT2D eigenvalue weighted by Gasteiger charge is -2.00. The zero-order chi connectivity index (χ0) is 9.26. The third kappa shape index (κ3) is 1.54. The summed E-state index contributed by atoms with van der Waals surface area (Å²) in [7, 11) is 0. The lowest BCUT2D eigenvalue weighted by Crippen LogP contribution is -1.96. The van der Waals surface area contributed by atoms with Gasteiger partial charge in [-0.2, -0.15) is 0 Å². The molecule has 0 saturated heterocycles. The van der Waals surface area contributed by atoms with Crippen molar-refractivity contribution in [1.29, 1.82) is 0 Å². The first-order valence-electron chi connectivity index (χ1n) is 4.11. The molecule has 1 aromatic heterocycles. The van der Waals surface area contributed by atoms with E-state index >= 15 is 0 Å². The highest BCUT2D eigenvalue weighted by atomic mass is 35.5. The van der Waals surface area contributed by atoms with Crippen LogP contribution in [0.3, 0.4) is 0 Å². The normalized spacial score (nSPS) is 10.9. The van der Waals surface area contributed by atoms with E-state index in [2.05, 4.69) is 0 Å². The predicted octanol–water partition coefficient (Wildman–Crippen LogP) is 3.26. The summed E-state index contributed by atoms with van der Waals surface area (Å²) >= 11 is 5.82. The van der Waals surface area contributed by atoms with E-state index in [0.29, 0.717) is 11.6 Å². The van der Waals surface area contributed by atoms with E-state index in [1.807, 2.05) is 35.0 Å². The molecule has 3 heteroatoms. The maximum atomic E-state index is 12.1. The molecule has 0 aliphatic rings. The Labute approximate surface area is 80.7 Å². The molecule has 0 fully saturated rings. The average molecular weight is 198 g/mol. The number of fused-ring (bicyclic) bond motifs is 1. The number of hydrogen-bond donors (Lipinski definition) is 0. The Balaban J connectivity index is 2.55. The van der Waals surface area contributed by atoms with Gasteiger partial charge in [0.05, 0.1) is 6.54 Å². The standard InChI is InChI=1S/C10H9ClFN/c11-9-1-2-10-8(7-9)3-5-13(10)6-4-12/h1-3,5,7H,4,6H2. The van der Waals surface area contributed by atoms with E-state index in [-0.39, 0.29) is 6.67 Å². The molecule has 0 amide bonds. The van der Waals surface area contributed by atoms with Gasteiger partial charge in [-0.3, -0.25) is 0 Å². The zero-order valence-electron chi connectivity index (χ0n) is 7.00. The maximum Gasteiger partial charge on any atom is 0.107 e. The third-order valence-electron chi connectivity index (χ3n) is 2.06. The molecule has 0 unspecified atom stereocenters. The fourth-order valence-corrected chi connectivity index (χ4v) is 1.64. The summed E-state index contributed by atoms with van der Waals surface area (Å²) in [5.41, 5.74) is 1.03. The molecule has 2 rings (SSSR count). The largest absolute Gasteiger partial charge is 0.345 e. The molecule has 0 bridgehead atoms. The summed E-state index contributed by atoms with van der Waals surface area (Å²) in [6.07, 6.45) is 1.88. The van der Waals surface area contributed by atoms with Gasteiger partial charge in [0.25, 0.3) is 0 Å². The van der Waals surface area contributed by atoms with Crippen molar-refractivity contribution in [3.05, 3.63) is 35.5 Å². The van der Waals surface area contributed by atoms with Crippen LogP contribution in [0.5, 0.6) is 0 Å². The van der Waals surface area contributed by atoms with Crippen LogP contribution in [-0.2, 0) is 6.54 Å². The lowest BCUT2D eigenvalue weighted by molar-refractivity contribution is 0.451. The van der Waals surface area contributed by atoms with Crippen LogP contribution in [0.2, 0.25) is 5.02 Å². The highest BCUT2D eigenvalue weighted by molar-refractivity contribution is 6.31. The molecule has 1 nitrogen and oxygen atoms in total. The zero-order valence-corrected chi connectivity index (χ0v) is 7.76. The first kappa shape index (κ1) is 8.57. The second-order valence-electron chi connectivity index (χ2n) is 2.90. The van der Waals surface area contributed by atoms with Gasteiger partial charge in [-0.05, 0) is 24.3 Å². The van der Waals surface area contributed by atoms with E-state index in [1.54, 1.807) is 0 Å². The molecule has 0 aliphatic carbocycles. The summed E-state index contributed by atoms with van der Waals surface area (Å²) < 4.78 is 14.0. The van der Waals surface area contributed by atoms with Crippen molar-refractivity contribution in [2.45, 2.75) is 6.54 Å². The van der Waals surface area contributed by atoms with Gasteiger partial charge < -0.3 is 4.57 Å². The molecule has 1 heterocycles. The van der Waals surface area contributed by atoms with E-state index < -0.39 is 0 Å². The molecule has 68 valence electrons. The number of benzene rings is 1. The van der Waals surface area contributed by atoms with E-state index in [4.69, 9.17) is 11.6 Å². The van der Waals surface area contributed by atoms with Crippen molar-refractivity contribution in [2.24, 2.45) is 0 Å². The average Bonchev–Trinajstić information content (AvgIpc) is 2.49. The van der Waals surface area contributed by atoms with Gasteiger partial charge in [-0.15, -0.1) is 0 Å². The van der Waals surface area contributed by atoms with Crippen molar-refractivity contribution < 1.29 is 4.39 Å². The van der Waals surface area contributed by atoms with Crippen LogP contribution in [0.1, 0.15) is 0 Å². The van der Waals surface area contributed by atoms with Crippen LogP contribution in [0.25, 0.3) is 10.9 Å². The van der Waals surface area contributed by atoms with Crippen molar-refractivity contribution in [2.75, 3.05) is 6.67 Å². The van der Waals surface area contributed by atoms with Gasteiger partial charge >= 0.3 is 0 Å². The van der Waals surface area contributed by atoms with Crippen LogP contribution in [0, 0.1) is 0 Å². The highest BCUT2D eigenvalue weighted by Gasteiger charge is 2.00. The molecular formula is C10H9ClFN. The molecule has 2 aromatic rings. The van der Waals surface area contributed by atoms with E-state index in [0.717, 1.165) is 10.9 Å². The van der Waals surface area contributed by atoms with Gasteiger partial charge in [-0.25, -0.2) is 4.39 Å². The number of rotatable bonds is 2. The third-order valence-corrected chi connectivity index (χ3v) is 2.29. The van der Waals surface area contributed by atoms with Gasteiger partial charge in [0.15, 0.2) is 0 Å². The van der Waals surface area contributed by atoms with Gasteiger partial charge in [0.2, 0.25) is 0 Å². The van der Waals surface area contributed by atoms with Crippen molar-refractivity contribution in [3.8, 4) is 0 Å². The number of nitrogens with zero attached hydrogens (tertiary/aromatic N) is 1. The second-order valence-corrected chi connectivity index (χ2v) is 3.34. The van der Waals surface area contributed by atoms with E-state index in [9.17, 15) is 4.39 Å². The highest BCUT2D eigenvalue weighted by Crippen LogP contribution is 2.20. The topological polar surface area (TPSA) is 4.93 Å². The molecule has 1 aromatic carbocycles. The van der Waals surface area contributed by atoms with Crippen LogP contribution in [-0.4, -0.2) is 11.2 Å². The molecule has 0 spiro atoms. The fraction of sp³-hybridized carbons (Fsp3) is 0.200. The first-order valence-corrected chi connectivity index (χ1v) is 4.49. The van der Waals surface area contributed by atoms with E-state index in [1.165, 1.54) is 0 Å². The Morgan fingerprint density at radius 3 is 2.92 bits per heavy atom. The lowest BCUT2D eigenvalue weighted by atomic mass is 10.2. The summed E-state index contributed by atoms with van der Waals surface area (Å²) in [5, 5.41) is 1.77. The molecule has 0 radical (unpaired) electrons. The molecule has 13 heavy (non-hydrogen) atoms. The van der Waals surface area contributed by atoms with Crippen LogP contribution < -0.4 is 0 Å². The number of halogens is 2. The van der Waals surface area contributed by atoms with Crippen LogP contribution in [0.4, 0.5) is 4.39 Å². The molecular weight excluding hydrogens is 189 g/mol. The summed E-state index contributed by atoms with van der Waals surface area (Å²) in [5.74, 6) is 0. The minimum absolute atomic E-state index is 0.341. The fourth-order valence-electron chi connectivity index (χ4n) is 1.46. The molecule has 0 saturated carbocycles. The first-order chi connectivity index (χ1) is 6.31. The van der Waals surface area contributed by atoms with Crippen LogP contribution in [0.15, 0.2) is 30.5 Å². The minimum Gasteiger partial charge on any atom is -0.345 e. The Kier molecular flexibility index (Phi) is 2.23. The smallest absolute Gasteiger partial charge is 0.107 e. The summed E-state index contributed by atoms with van der Waals surface area (Å²) in [4.78, 5) is 0. The Morgan fingerprint density at radius 1 is 1.31 bits per heavy atom. The van der Waals surface area contributed by atoms with Crippen LogP contribution >= 0.6 is 11.6 Å². The molecule has 0 atom stereocenters. The van der Waals surface area contributed by atoms with Gasteiger partial charge in [0.1, 0.15) is 6.67 Å². The monoisotopic (exact) mass is 197 g/mol. The van der Waals surface area contributed by atoms with Gasteiger partial charge in [-0.1, -0.05) is 11.6 Å². The number of alkyl halides is 1. The summed E-state index contributed by atoms with van der Waals surface area (Å²) in [6, 6.07) is 7.55. The number of hydrogen-bond acceptors (Lipinski definition) is 0. The number of aryl methyl sites for hydroxylation is 1. The summed E-state index contributed by atoms with van der Waals surface area (Å²) in [6.45, 7) is 0.0670. The van der Waals surface area contributed by atoms with Crippen molar-refractivity contribution >= 4 is 22.5 Å². The number of aromatic nitrogens is 1. The Hall–Kier alpha value is -1.02. The quantitative estimate of drug-likeness (QED) is 0.697. The minimum atomic E-state index is -0.341. The Morgan fingerprint density at radius 2 is 2.15 bits per heavy atom. The second kappa shape index (κ2) is 3.38. The van der Waals surface area contributed by atoms with Gasteiger partial charge in [0, 0.05) is 22.1 Å².